The van der Waals surface area contributed by atoms with Crippen molar-refractivity contribution in [3.63, 3.8) is 0 Å². The van der Waals surface area contributed by atoms with Gasteiger partial charge in [-0.25, -0.2) is 0 Å². The number of aromatic nitrogens is 1. The van der Waals surface area contributed by atoms with Crippen LogP contribution in [0.25, 0.3) is 10.8 Å². The highest BCUT2D eigenvalue weighted by molar-refractivity contribution is 6.31. The molecule has 0 amide bonds. The van der Waals surface area contributed by atoms with Crippen molar-refractivity contribution in [1.82, 2.24) is 15.2 Å². The van der Waals surface area contributed by atoms with E-state index in [9.17, 15) is 13.2 Å². The molecular formula is C21H19ClF3N3. The Kier molecular flexibility index (Phi) is 5.27. The van der Waals surface area contributed by atoms with Gasteiger partial charge in [-0.3, -0.25) is 9.88 Å². The first-order valence-electron chi connectivity index (χ1n) is 9.08. The summed E-state index contributed by atoms with van der Waals surface area (Å²) in [6.07, 6.45) is -0.929. The Morgan fingerprint density at radius 2 is 1.79 bits per heavy atom. The van der Waals surface area contributed by atoms with E-state index in [1.54, 1.807) is 12.4 Å². The van der Waals surface area contributed by atoms with Crippen LogP contribution in [0.5, 0.6) is 0 Å². The van der Waals surface area contributed by atoms with E-state index in [2.05, 4.69) is 15.2 Å². The van der Waals surface area contributed by atoms with E-state index in [1.807, 2.05) is 24.3 Å². The molecule has 4 rings (SSSR count). The fraction of sp³-hybridized carbons (Fsp3) is 0.286. The van der Waals surface area contributed by atoms with Crippen molar-refractivity contribution in [3.8, 4) is 0 Å². The van der Waals surface area contributed by atoms with E-state index in [0.717, 1.165) is 48.6 Å². The zero-order valence-corrected chi connectivity index (χ0v) is 15.8. The first-order valence-corrected chi connectivity index (χ1v) is 9.46. The van der Waals surface area contributed by atoms with Crippen LogP contribution < -0.4 is 5.32 Å². The zero-order valence-electron chi connectivity index (χ0n) is 15.0. The molecule has 0 bridgehead atoms. The molecule has 1 atom stereocenters. The number of pyridine rings is 1. The maximum absolute atomic E-state index is 13.3. The van der Waals surface area contributed by atoms with Crippen molar-refractivity contribution < 1.29 is 13.2 Å². The van der Waals surface area contributed by atoms with Crippen LogP contribution in [0.3, 0.4) is 0 Å². The molecule has 1 aliphatic heterocycles. The second kappa shape index (κ2) is 7.70. The molecular weight excluding hydrogens is 387 g/mol. The van der Waals surface area contributed by atoms with E-state index in [4.69, 9.17) is 11.6 Å². The molecule has 2 heterocycles. The van der Waals surface area contributed by atoms with Gasteiger partial charge in [-0.05, 0) is 46.8 Å². The number of hydrogen-bond acceptors (Lipinski definition) is 3. The maximum atomic E-state index is 13.3. The van der Waals surface area contributed by atoms with Gasteiger partial charge in [0.25, 0.3) is 0 Å². The molecule has 146 valence electrons. The minimum Gasteiger partial charge on any atom is -0.314 e. The Labute approximate surface area is 166 Å². The summed E-state index contributed by atoms with van der Waals surface area (Å²) in [7, 11) is 0. The molecule has 28 heavy (non-hydrogen) atoms. The predicted octanol–water partition coefficient (Wildman–Crippen LogP) is 4.90. The number of fused-ring (bicyclic) bond motifs is 1. The van der Waals surface area contributed by atoms with Gasteiger partial charge in [0, 0.05) is 49.0 Å². The van der Waals surface area contributed by atoms with E-state index in [-0.39, 0.29) is 6.04 Å². The molecule has 0 saturated carbocycles. The molecule has 1 aromatic heterocycles. The third kappa shape index (κ3) is 3.85. The Morgan fingerprint density at radius 1 is 1.00 bits per heavy atom. The summed E-state index contributed by atoms with van der Waals surface area (Å²) in [5.41, 5.74) is 0.714. The average molecular weight is 406 g/mol. The van der Waals surface area contributed by atoms with Crippen LogP contribution in [0.2, 0.25) is 5.02 Å². The lowest BCUT2D eigenvalue weighted by molar-refractivity contribution is -0.137. The number of rotatable bonds is 3. The van der Waals surface area contributed by atoms with Gasteiger partial charge in [-0.2, -0.15) is 13.2 Å². The highest BCUT2D eigenvalue weighted by atomic mass is 35.5. The van der Waals surface area contributed by atoms with Gasteiger partial charge in [-0.15, -0.1) is 0 Å². The van der Waals surface area contributed by atoms with Gasteiger partial charge < -0.3 is 5.32 Å². The van der Waals surface area contributed by atoms with Gasteiger partial charge in [0.05, 0.1) is 11.6 Å². The number of nitrogens with one attached hydrogen (secondary N) is 1. The second-order valence-corrected chi connectivity index (χ2v) is 7.31. The molecule has 2 aromatic carbocycles. The normalized spacial score (nSPS) is 17.0. The first kappa shape index (κ1) is 19.2. The molecule has 1 saturated heterocycles. The van der Waals surface area contributed by atoms with Crippen LogP contribution in [0, 0.1) is 0 Å². The molecule has 0 radical (unpaired) electrons. The van der Waals surface area contributed by atoms with Gasteiger partial charge in [0.1, 0.15) is 0 Å². The topological polar surface area (TPSA) is 28.2 Å². The lowest BCUT2D eigenvalue weighted by Crippen LogP contribution is -2.45. The largest absolute Gasteiger partial charge is 0.416 e. The zero-order chi connectivity index (χ0) is 19.7. The van der Waals surface area contributed by atoms with Crippen molar-refractivity contribution in [2.75, 3.05) is 26.2 Å². The first-order chi connectivity index (χ1) is 13.4. The number of hydrogen-bond donors (Lipinski definition) is 1. The number of halogens is 4. The van der Waals surface area contributed by atoms with Crippen molar-refractivity contribution in [3.05, 3.63) is 76.6 Å². The smallest absolute Gasteiger partial charge is 0.314 e. The third-order valence-electron chi connectivity index (χ3n) is 5.12. The molecule has 0 aliphatic carbocycles. The summed E-state index contributed by atoms with van der Waals surface area (Å²) in [4.78, 5) is 6.30. The Hall–Kier alpha value is -2.15. The number of piperazine rings is 1. The lowest BCUT2D eigenvalue weighted by atomic mass is 9.93. The summed E-state index contributed by atoms with van der Waals surface area (Å²) >= 11 is 6.41. The van der Waals surface area contributed by atoms with E-state index in [0.29, 0.717) is 10.6 Å². The molecule has 1 unspecified atom stereocenters. The number of alkyl halides is 3. The van der Waals surface area contributed by atoms with Crippen LogP contribution in [-0.2, 0) is 6.18 Å². The Morgan fingerprint density at radius 3 is 2.54 bits per heavy atom. The summed E-state index contributed by atoms with van der Waals surface area (Å²) < 4.78 is 40.0. The second-order valence-electron chi connectivity index (χ2n) is 6.90. The standard InChI is InChI=1S/C21H19ClF3N3/c22-19-4-3-17(21(23,24)25)12-18(19)20(28-9-7-26-8-10-28)15-1-2-16-13-27-6-5-14(16)11-15/h1-6,11-13,20,26H,7-10H2. The van der Waals surface area contributed by atoms with Gasteiger partial charge in [-0.1, -0.05) is 23.7 Å². The van der Waals surface area contributed by atoms with E-state index in [1.165, 1.54) is 12.1 Å². The average Bonchev–Trinajstić information content (AvgIpc) is 2.69. The molecule has 0 spiro atoms. The lowest BCUT2D eigenvalue weighted by Gasteiger charge is -2.36. The van der Waals surface area contributed by atoms with Crippen LogP contribution >= 0.6 is 11.6 Å². The quantitative estimate of drug-likeness (QED) is 0.671. The molecule has 1 aliphatic rings. The molecule has 7 heteroatoms. The van der Waals surface area contributed by atoms with E-state index >= 15 is 0 Å². The van der Waals surface area contributed by atoms with Crippen molar-refractivity contribution in [2.24, 2.45) is 0 Å². The summed E-state index contributed by atoms with van der Waals surface area (Å²) in [6, 6.07) is 11.0. The van der Waals surface area contributed by atoms with Crippen molar-refractivity contribution >= 4 is 22.4 Å². The Balaban J connectivity index is 1.86. The SMILES string of the molecule is FC(F)(F)c1ccc(Cl)c(C(c2ccc3cnccc3c2)N2CCNCC2)c1. The third-order valence-corrected chi connectivity index (χ3v) is 5.46. The van der Waals surface area contributed by atoms with Gasteiger partial charge >= 0.3 is 6.18 Å². The van der Waals surface area contributed by atoms with Crippen LogP contribution in [0.4, 0.5) is 13.2 Å². The Bertz CT molecular complexity index is 984. The maximum Gasteiger partial charge on any atom is 0.416 e. The summed E-state index contributed by atoms with van der Waals surface area (Å²) in [5, 5.41) is 5.61. The van der Waals surface area contributed by atoms with Gasteiger partial charge in [0.2, 0.25) is 0 Å². The molecule has 3 aromatic rings. The minimum atomic E-state index is -4.41. The fourth-order valence-corrected chi connectivity index (χ4v) is 3.95. The van der Waals surface area contributed by atoms with Crippen molar-refractivity contribution in [1.29, 1.82) is 0 Å². The number of nitrogens with zero attached hydrogens (tertiary/aromatic N) is 2. The fourth-order valence-electron chi connectivity index (χ4n) is 3.73. The molecule has 3 nitrogen and oxygen atoms in total. The monoisotopic (exact) mass is 405 g/mol. The summed E-state index contributed by atoms with van der Waals surface area (Å²) in [5.74, 6) is 0. The van der Waals surface area contributed by atoms with Crippen molar-refractivity contribution in [2.45, 2.75) is 12.2 Å². The van der Waals surface area contributed by atoms with Gasteiger partial charge in [0.15, 0.2) is 0 Å². The van der Waals surface area contributed by atoms with Crippen LogP contribution in [-0.4, -0.2) is 36.1 Å². The predicted molar refractivity (Wildman–Crippen MR) is 104 cm³/mol. The number of benzene rings is 2. The van der Waals surface area contributed by atoms with Crippen LogP contribution in [0.1, 0.15) is 22.7 Å². The van der Waals surface area contributed by atoms with Crippen LogP contribution in [0.15, 0.2) is 54.9 Å². The molecule has 1 N–H and O–H groups in total. The summed E-state index contributed by atoms with van der Waals surface area (Å²) in [6.45, 7) is 3.02. The molecule has 1 fully saturated rings. The highest BCUT2D eigenvalue weighted by Gasteiger charge is 2.33. The highest BCUT2D eigenvalue weighted by Crippen LogP contribution is 2.38. The van der Waals surface area contributed by atoms with E-state index < -0.39 is 11.7 Å². The minimum absolute atomic E-state index is 0.339.